The van der Waals surface area contributed by atoms with Crippen molar-refractivity contribution in [1.29, 1.82) is 0 Å². The van der Waals surface area contributed by atoms with Crippen LogP contribution in [0.1, 0.15) is 137 Å². The molecule has 28 heteroatoms. The second kappa shape index (κ2) is 24.6. The molecule has 6 saturated carbocycles. The number of halogens is 10. The molecular weight excluding hydrogens is 1220 g/mol. The van der Waals surface area contributed by atoms with Gasteiger partial charge in [-0.25, -0.2) is 23.7 Å². The van der Waals surface area contributed by atoms with Crippen LogP contribution in [0.3, 0.4) is 0 Å². The number of aliphatic hydroxyl groups is 1. The Balaban J connectivity index is 0.000000126. The first-order chi connectivity index (χ1) is 43.8. The van der Waals surface area contributed by atoms with Gasteiger partial charge in [-0.15, -0.1) is 0 Å². The van der Waals surface area contributed by atoms with E-state index in [1.54, 1.807) is 12.3 Å². The number of aliphatic hydroxyl groups excluding tert-OH is 1. The number of aromatic nitrogens is 9. The van der Waals surface area contributed by atoms with E-state index in [0.717, 1.165) is 109 Å². The maximum Gasteiger partial charge on any atom is 0.419 e. The molecule has 6 unspecified atom stereocenters. The number of alkyl halides is 10. The van der Waals surface area contributed by atoms with E-state index in [2.05, 4.69) is 64.3 Å². The molecule has 3 saturated heterocycles. The number of hydrogen-bond donors (Lipinski definition) is 4. The van der Waals surface area contributed by atoms with Crippen LogP contribution in [0.4, 0.5) is 61.4 Å². The lowest BCUT2D eigenvalue weighted by Gasteiger charge is -2.40. The van der Waals surface area contributed by atoms with Crippen LogP contribution in [0.5, 0.6) is 5.75 Å². The first-order valence-electron chi connectivity index (χ1n) is 32.0. The van der Waals surface area contributed by atoms with Gasteiger partial charge < -0.3 is 36.5 Å². The fourth-order valence-electron chi connectivity index (χ4n) is 16.5. The highest BCUT2D eigenvalue weighted by Crippen LogP contribution is 2.69. The molecule has 1 spiro atoms. The van der Waals surface area contributed by atoms with Crippen molar-refractivity contribution in [3.63, 3.8) is 0 Å². The zero-order valence-electron chi connectivity index (χ0n) is 51.6. The molecular formula is C64H78F10N14O4. The number of pyridine rings is 3. The highest BCUT2D eigenvalue weighted by Gasteiger charge is 2.65. The van der Waals surface area contributed by atoms with Gasteiger partial charge in [-0.2, -0.15) is 50.4 Å². The molecule has 6 aliphatic carbocycles. The molecule has 9 fully saturated rings. The lowest BCUT2D eigenvalue weighted by atomic mass is 9.87. The van der Waals surface area contributed by atoms with E-state index in [9.17, 15) is 49.0 Å². The first kappa shape index (κ1) is 64.1. The van der Waals surface area contributed by atoms with Crippen LogP contribution in [0.2, 0.25) is 0 Å². The maximum atomic E-state index is 13.3. The average molecular weight is 1300 g/mol. The Labute approximate surface area is 525 Å². The van der Waals surface area contributed by atoms with Crippen molar-refractivity contribution < 1.29 is 63.2 Å². The van der Waals surface area contributed by atoms with Gasteiger partial charge in [-0.1, -0.05) is 0 Å². The van der Waals surface area contributed by atoms with Crippen LogP contribution in [0.25, 0.3) is 33.8 Å². The van der Waals surface area contributed by atoms with Gasteiger partial charge in [0.25, 0.3) is 6.43 Å². The minimum Gasteiger partial charge on any atom is -0.431 e. The van der Waals surface area contributed by atoms with Crippen molar-refractivity contribution in [1.82, 2.24) is 54.1 Å². The number of rotatable bonds is 15. The summed E-state index contributed by atoms with van der Waals surface area (Å²) in [6.07, 6.45) is 1.10. The number of ether oxygens (including phenoxy) is 3. The van der Waals surface area contributed by atoms with E-state index in [4.69, 9.17) is 31.8 Å². The lowest BCUT2D eigenvalue weighted by Crippen LogP contribution is -2.43. The normalized spacial score (nSPS) is 29.7. The highest BCUT2D eigenvalue weighted by molar-refractivity contribution is 5.66. The van der Waals surface area contributed by atoms with Crippen molar-refractivity contribution in [2.24, 2.45) is 41.4 Å². The van der Waals surface area contributed by atoms with Gasteiger partial charge in [-0.3, -0.25) is 23.8 Å². The molecule has 498 valence electrons. The minimum atomic E-state index is -4.66. The summed E-state index contributed by atoms with van der Waals surface area (Å²) in [6.45, 7) is 11.3. The van der Waals surface area contributed by atoms with E-state index < -0.39 is 54.7 Å². The third-order valence-electron chi connectivity index (χ3n) is 21.1. The van der Waals surface area contributed by atoms with Crippen LogP contribution in [-0.2, 0) is 28.4 Å². The fraction of sp³-hybridized carbons (Fsp3) is 0.625. The van der Waals surface area contributed by atoms with Gasteiger partial charge in [-0.05, 0) is 163 Å². The Bertz CT molecular complexity index is 3600. The van der Waals surface area contributed by atoms with E-state index in [-0.39, 0.29) is 53.0 Å². The Morgan fingerprint density at radius 1 is 0.598 bits per heavy atom. The van der Waals surface area contributed by atoms with Crippen LogP contribution < -0.4 is 21.9 Å². The van der Waals surface area contributed by atoms with Gasteiger partial charge in [0.15, 0.2) is 11.6 Å². The number of anilines is 3. The zero-order chi connectivity index (χ0) is 65.0. The number of likely N-dealkylation sites (tertiary alicyclic amines) is 1. The smallest absolute Gasteiger partial charge is 0.419 e. The van der Waals surface area contributed by atoms with Gasteiger partial charge in [0.2, 0.25) is 0 Å². The summed E-state index contributed by atoms with van der Waals surface area (Å²) in [6, 6.07) is 10.5. The Morgan fingerprint density at radius 3 is 1.50 bits per heavy atom. The van der Waals surface area contributed by atoms with Crippen molar-refractivity contribution in [2.75, 3.05) is 69.8 Å². The second-order valence-corrected chi connectivity index (χ2v) is 27.3. The Kier molecular flexibility index (Phi) is 17.2. The molecule has 3 aliphatic heterocycles. The summed E-state index contributed by atoms with van der Waals surface area (Å²) >= 11 is 0. The number of hydrogen-bond acceptors (Lipinski definition) is 15. The molecule has 92 heavy (non-hydrogen) atoms. The van der Waals surface area contributed by atoms with E-state index in [0.29, 0.717) is 93.6 Å². The molecule has 0 amide bonds. The molecule has 9 heterocycles. The molecule has 18 nitrogen and oxygen atoms in total. The van der Waals surface area contributed by atoms with E-state index in [1.807, 2.05) is 24.6 Å². The molecule has 7 N–H and O–H groups in total. The Morgan fingerprint density at radius 2 is 1.05 bits per heavy atom. The van der Waals surface area contributed by atoms with Crippen LogP contribution in [0.15, 0.2) is 55.0 Å². The van der Waals surface area contributed by atoms with E-state index in [1.165, 1.54) is 35.3 Å². The van der Waals surface area contributed by atoms with Gasteiger partial charge in [0.05, 0.1) is 53.6 Å². The zero-order valence-corrected chi connectivity index (χ0v) is 51.6. The largest absolute Gasteiger partial charge is 0.431 e. The quantitative estimate of drug-likeness (QED) is 0.0702. The molecule has 0 bridgehead atoms. The second-order valence-electron chi connectivity index (χ2n) is 27.3. The molecule has 13 atom stereocenters. The summed E-state index contributed by atoms with van der Waals surface area (Å²) in [5.74, 6) is 3.39. The SMILES string of the molecule is CC(C)n1nc(-c2cnc(N)c(C(F)(F)F)c2)cc1C1[C@H]2CC(N3CC[C@H](CO)C3)C[C@@H]12.CC(C)n1nc(-c2cnc(N)c(OC(F)F)c2)cc1C1[C@H]2CC3(CCO3)C[C@@H]12.Nc1ncc(-c2cc(C3[C@H]4CC(N5CCOCC5)C[C@@H]34)n(CC(F)F)n2)cc1C(F)(F)F. The lowest BCUT2D eigenvalue weighted by molar-refractivity contribution is -0.149. The summed E-state index contributed by atoms with van der Waals surface area (Å²) < 4.78 is 152. The number of fused-ring (bicyclic) bond motifs is 3. The number of nitrogens with two attached hydrogens (primary N) is 3. The summed E-state index contributed by atoms with van der Waals surface area (Å²) in [5.41, 5.74) is 20.2. The van der Waals surface area contributed by atoms with Gasteiger partial charge in [0, 0.05) is 121 Å². The predicted molar refractivity (Wildman–Crippen MR) is 320 cm³/mol. The van der Waals surface area contributed by atoms with E-state index >= 15 is 0 Å². The summed E-state index contributed by atoms with van der Waals surface area (Å²) in [5, 5.41) is 23.1. The number of nitrogen functional groups attached to an aromatic ring is 3. The third kappa shape index (κ3) is 12.7. The molecule has 0 aromatic carbocycles. The number of morpholine rings is 1. The number of nitrogens with zero attached hydrogens (tertiary/aromatic N) is 11. The monoisotopic (exact) mass is 1300 g/mol. The highest BCUT2D eigenvalue weighted by atomic mass is 19.4. The van der Waals surface area contributed by atoms with Crippen LogP contribution in [0, 0.1) is 41.4 Å². The van der Waals surface area contributed by atoms with Crippen LogP contribution in [-0.4, -0.2) is 143 Å². The molecule has 6 aromatic rings. The fourth-order valence-corrected chi connectivity index (χ4v) is 16.5. The predicted octanol–water partition coefficient (Wildman–Crippen LogP) is 11.6. The van der Waals surface area contributed by atoms with Crippen molar-refractivity contribution in [3.8, 4) is 39.5 Å². The van der Waals surface area contributed by atoms with Crippen molar-refractivity contribution in [2.45, 2.75) is 159 Å². The topological polar surface area (TPSA) is 225 Å². The van der Waals surface area contributed by atoms with Crippen molar-refractivity contribution >= 4 is 17.5 Å². The maximum absolute atomic E-state index is 13.3. The van der Waals surface area contributed by atoms with Gasteiger partial charge >= 0.3 is 19.0 Å². The van der Waals surface area contributed by atoms with Gasteiger partial charge in [0.1, 0.15) is 18.2 Å². The first-order valence-corrected chi connectivity index (χ1v) is 32.0. The summed E-state index contributed by atoms with van der Waals surface area (Å²) in [4.78, 5) is 16.4. The van der Waals surface area contributed by atoms with Crippen molar-refractivity contribution in [3.05, 3.63) is 83.2 Å². The average Bonchev–Trinajstić information content (AvgIpc) is 1.57. The standard InChI is InChI=1S/C23H30F3N5O.C21H24F5N5O.C20H24F2N4O2/c1-12(2)31-20(8-19(29-31)14-5-18(23(24,25)26)22(27)28-9-14)21-16-6-15(7-17(16)21)30-4-3-13(10-30)11-32;22-18(23)10-31-17(19-13-6-12(7-14(13)19)30-1-3-32-4-2-30)8-16(29-31)11-5-15(21(24,25)26)20(27)28-9-11;1-10(2)26-15(17-12-7-20(3-4-27-20)8-13(12)17)6-14(25-26)11-5-16(28-19(21)22)18(23)24-9-11/h5,8-9,12-13,15-17,21,32H,3-4,6-7,10-11H2,1-2H3,(H2,27,28);5,8-9,12-14,18-19H,1-4,6-7,10H2,(H2,27,28);5-6,9-10,12-13,17,19H,3-4,7-8H2,1-2H3,(H2,23,24)/t13-,15?,16-,17+,21?;12?,13-,14+,19?;12-,13+,17?,20?/m0../s1. The Hall–Kier alpha value is -6.62. The molecule has 15 rings (SSSR count). The molecule has 9 aliphatic rings. The van der Waals surface area contributed by atoms with Crippen LogP contribution >= 0.6 is 0 Å². The molecule has 6 aromatic heterocycles. The molecule has 0 radical (unpaired) electrons. The summed E-state index contributed by atoms with van der Waals surface area (Å²) in [7, 11) is 0. The third-order valence-corrected chi connectivity index (χ3v) is 21.1. The minimum absolute atomic E-state index is 0.0601.